The number of carbonyl (C=O) groups excluding carboxylic acids is 1. The van der Waals surface area contributed by atoms with E-state index in [4.69, 9.17) is 9.47 Å². The minimum absolute atomic E-state index is 0.160. The SMILES string of the molecule is CCCC[C@H]1CC[C@H](CO[C@H]2CC[C@H](C(=O)Oc3cc(F)c(F)c(F)c3)CC2)CC1. The Hall–Kier alpha value is -1.56. The van der Waals surface area contributed by atoms with E-state index in [1.807, 2.05) is 0 Å². The Morgan fingerprint density at radius 3 is 2.13 bits per heavy atom. The van der Waals surface area contributed by atoms with Gasteiger partial charge in [-0.2, -0.15) is 0 Å². The monoisotopic (exact) mass is 426 g/mol. The second kappa shape index (κ2) is 11.2. The fourth-order valence-electron chi connectivity index (χ4n) is 4.71. The van der Waals surface area contributed by atoms with Crippen LogP contribution in [-0.2, 0) is 9.53 Å². The lowest BCUT2D eigenvalue weighted by Gasteiger charge is -2.31. The van der Waals surface area contributed by atoms with E-state index in [-0.39, 0.29) is 17.8 Å². The second-order valence-electron chi connectivity index (χ2n) is 8.96. The molecule has 0 unspecified atom stereocenters. The molecule has 0 bridgehead atoms. The minimum atomic E-state index is -1.57. The van der Waals surface area contributed by atoms with Gasteiger partial charge in [-0.15, -0.1) is 0 Å². The fraction of sp³-hybridized carbons (Fsp3) is 0.708. The van der Waals surface area contributed by atoms with Gasteiger partial charge in [0.1, 0.15) is 5.75 Å². The van der Waals surface area contributed by atoms with Crippen molar-refractivity contribution in [1.29, 1.82) is 0 Å². The van der Waals surface area contributed by atoms with Gasteiger partial charge >= 0.3 is 5.97 Å². The van der Waals surface area contributed by atoms with Gasteiger partial charge in [0.15, 0.2) is 17.5 Å². The van der Waals surface area contributed by atoms with Crippen molar-refractivity contribution in [2.45, 2.75) is 83.7 Å². The van der Waals surface area contributed by atoms with Gasteiger partial charge in [-0.1, -0.05) is 39.0 Å². The van der Waals surface area contributed by atoms with E-state index >= 15 is 0 Å². The summed E-state index contributed by atoms with van der Waals surface area (Å²) in [7, 11) is 0. The quantitative estimate of drug-likeness (QED) is 0.267. The summed E-state index contributed by atoms with van der Waals surface area (Å²) in [5.41, 5.74) is 0. The molecule has 2 saturated carbocycles. The Balaban J connectivity index is 1.35. The highest BCUT2D eigenvalue weighted by Crippen LogP contribution is 2.34. The number of halogens is 3. The van der Waals surface area contributed by atoms with E-state index in [0.29, 0.717) is 30.9 Å². The van der Waals surface area contributed by atoms with Gasteiger partial charge in [-0.25, -0.2) is 13.2 Å². The smallest absolute Gasteiger partial charge is 0.314 e. The first-order valence-electron chi connectivity index (χ1n) is 11.4. The summed E-state index contributed by atoms with van der Waals surface area (Å²) in [6.07, 6.45) is 12.1. The zero-order valence-electron chi connectivity index (χ0n) is 17.8. The van der Waals surface area contributed by atoms with Crippen LogP contribution in [0.25, 0.3) is 0 Å². The van der Waals surface area contributed by atoms with Gasteiger partial charge in [0.05, 0.1) is 12.0 Å². The molecule has 3 rings (SSSR count). The molecule has 0 heterocycles. The Bertz CT molecular complexity index is 670. The van der Waals surface area contributed by atoms with E-state index < -0.39 is 23.4 Å². The van der Waals surface area contributed by atoms with E-state index in [1.165, 1.54) is 44.9 Å². The largest absolute Gasteiger partial charge is 0.426 e. The molecule has 0 atom stereocenters. The van der Waals surface area contributed by atoms with Crippen LogP contribution in [0.2, 0.25) is 0 Å². The van der Waals surface area contributed by atoms with E-state index in [9.17, 15) is 18.0 Å². The molecule has 168 valence electrons. The number of unbranched alkanes of at least 4 members (excludes halogenated alkanes) is 1. The van der Waals surface area contributed by atoms with E-state index in [0.717, 1.165) is 25.4 Å². The zero-order chi connectivity index (χ0) is 21.5. The second-order valence-corrected chi connectivity index (χ2v) is 8.96. The predicted molar refractivity (Wildman–Crippen MR) is 109 cm³/mol. The van der Waals surface area contributed by atoms with Crippen LogP contribution in [0.15, 0.2) is 12.1 Å². The van der Waals surface area contributed by atoms with Crippen LogP contribution < -0.4 is 4.74 Å². The molecule has 2 aliphatic carbocycles. The first-order valence-corrected chi connectivity index (χ1v) is 11.4. The lowest BCUT2D eigenvalue weighted by molar-refractivity contribution is -0.141. The van der Waals surface area contributed by atoms with Crippen molar-refractivity contribution in [3.63, 3.8) is 0 Å². The summed E-state index contributed by atoms with van der Waals surface area (Å²) in [5, 5.41) is 0. The molecule has 30 heavy (non-hydrogen) atoms. The molecule has 0 spiro atoms. The topological polar surface area (TPSA) is 35.5 Å². The minimum Gasteiger partial charge on any atom is -0.426 e. The number of rotatable bonds is 8. The van der Waals surface area contributed by atoms with E-state index in [2.05, 4.69) is 6.92 Å². The summed E-state index contributed by atoms with van der Waals surface area (Å²) in [6, 6.07) is 1.39. The Morgan fingerprint density at radius 1 is 0.933 bits per heavy atom. The van der Waals surface area contributed by atoms with Crippen molar-refractivity contribution < 1.29 is 27.4 Å². The summed E-state index contributed by atoms with van der Waals surface area (Å²) < 4.78 is 50.8. The summed E-state index contributed by atoms with van der Waals surface area (Å²) in [4.78, 5) is 12.3. The van der Waals surface area contributed by atoms with Crippen molar-refractivity contribution in [2.75, 3.05) is 6.61 Å². The molecule has 0 aliphatic heterocycles. The fourth-order valence-corrected chi connectivity index (χ4v) is 4.71. The number of carbonyl (C=O) groups is 1. The van der Waals surface area contributed by atoms with Crippen LogP contribution in [0.4, 0.5) is 13.2 Å². The third-order valence-corrected chi connectivity index (χ3v) is 6.68. The maximum Gasteiger partial charge on any atom is 0.314 e. The van der Waals surface area contributed by atoms with Gasteiger partial charge < -0.3 is 9.47 Å². The third kappa shape index (κ3) is 6.47. The van der Waals surface area contributed by atoms with Crippen LogP contribution in [0.3, 0.4) is 0 Å². The molecule has 3 nitrogen and oxygen atoms in total. The Labute approximate surface area is 177 Å². The van der Waals surface area contributed by atoms with Crippen LogP contribution >= 0.6 is 0 Å². The maximum atomic E-state index is 13.3. The molecule has 0 amide bonds. The molecule has 0 saturated heterocycles. The highest BCUT2D eigenvalue weighted by atomic mass is 19.2. The van der Waals surface area contributed by atoms with Gasteiger partial charge in [0, 0.05) is 18.7 Å². The lowest BCUT2D eigenvalue weighted by Crippen LogP contribution is -2.30. The highest BCUT2D eigenvalue weighted by molar-refractivity contribution is 5.75. The zero-order valence-corrected chi connectivity index (χ0v) is 17.8. The first kappa shape index (κ1) is 23.1. The average Bonchev–Trinajstić information content (AvgIpc) is 2.75. The van der Waals surface area contributed by atoms with Crippen molar-refractivity contribution >= 4 is 5.97 Å². The predicted octanol–water partition coefficient (Wildman–Crippen LogP) is 6.58. The van der Waals surface area contributed by atoms with Gasteiger partial charge in [-0.05, 0) is 50.4 Å². The molecule has 1 aromatic rings. The summed E-state index contributed by atoms with van der Waals surface area (Å²) in [6.45, 7) is 3.05. The molecule has 0 aromatic heterocycles. The molecular formula is C24H33F3O3. The van der Waals surface area contributed by atoms with Crippen LogP contribution in [0.5, 0.6) is 5.75 Å². The highest BCUT2D eigenvalue weighted by Gasteiger charge is 2.29. The summed E-state index contributed by atoms with van der Waals surface area (Å²) in [5.74, 6) is -3.91. The molecule has 1 aromatic carbocycles. The van der Waals surface area contributed by atoms with Crippen molar-refractivity contribution in [2.24, 2.45) is 17.8 Å². The van der Waals surface area contributed by atoms with Crippen molar-refractivity contribution in [3.8, 4) is 5.75 Å². The summed E-state index contributed by atoms with van der Waals surface area (Å²) >= 11 is 0. The number of benzene rings is 1. The normalized spacial score (nSPS) is 27.1. The van der Waals surface area contributed by atoms with Crippen molar-refractivity contribution in [1.82, 2.24) is 0 Å². The van der Waals surface area contributed by atoms with Crippen molar-refractivity contribution in [3.05, 3.63) is 29.6 Å². The van der Waals surface area contributed by atoms with Crippen LogP contribution in [0, 0.1) is 35.2 Å². The number of hydrogen-bond donors (Lipinski definition) is 0. The van der Waals surface area contributed by atoms with Crippen LogP contribution in [-0.4, -0.2) is 18.7 Å². The molecule has 2 fully saturated rings. The lowest BCUT2D eigenvalue weighted by atomic mass is 9.80. The number of hydrogen-bond acceptors (Lipinski definition) is 3. The number of esters is 1. The third-order valence-electron chi connectivity index (χ3n) is 6.68. The number of ether oxygens (including phenoxy) is 2. The van der Waals surface area contributed by atoms with Gasteiger partial charge in [-0.3, -0.25) is 4.79 Å². The average molecular weight is 427 g/mol. The Kier molecular flexibility index (Phi) is 8.61. The molecule has 6 heteroatoms. The molecule has 2 aliphatic rings. The van der Waals surface area contributed by atoms with Crippen LogP contribution in [0.1, 0.15) is 77.6 Å². The van der Waals surface area contributed by atoms with Gasteiger partial charge in [0.2, 0.25) is 0 Å². The Morgan fingerprint density at radius 2 is 1.53 bits per heavy atom. The molecule has 0 radical (unpaired) electrons. The maximum absolute atomic E-state index is 13.3. The standard InChI is InChI=1S/C24H33F3O3/c1-2-3-4-16-5-7-17(8-6-16)15-29-19-11-9-18(10-12-19)24(28)30-20-13-21(25)23(27)22(26)14-20/h13-14,16-19H,2-12,15H2,1H3/t16-,17-,18-,19-. The molecule has 0 N–H and O–H groups in total. The van der Waals surface area contributed by atoms with Gasteiger partial charge in [0.25, 0.3) is 0 Å². The molecular weight excluding hydrogens is 393 g/mol. The first-order chi connectivity index (χ1) is 14.5. The van der Waals surface area contributed by atoms with E-state index in [1.54, 1.807) is 0 Å².